The Bertz CT molecular complexity index is 423. The maximum absolute atomic E-state index is 12.2. The summed E-state index contributed by atoms with van der Waals surface area (Å²) in [5.74, 6) is -1.29. The van der Waals surface area contributed by atoms with E-state index in [9.17, 15) is 13.2 Å². The molecule has 3 atom stereocenters. The number of hydrogen-bond acceptors (Lipinski definition) is 5. The monoisotopic (exact) mass is 278 g/mol. The van der Waals surface area contributed by atoms with E-state index in [0.717, 1.165) is 0 Å². The SMILES string of the molecule is CC(C(=O)O)S(=O)(=O)C1CCOC2(CCOC2)C1. The molecule has 0 bridgehead atoms. The lowest BCUT2D eigenvalue weighted by molar-refractivity contribution is -0.136. The van der Waals surface area contributed by atoms with Gasteiger partial charge in [-0.05, 0) is 19.8 Å². The zero-order chi connectivity index (χ0) is 13.4. The van der Waals surface area contributed by atoms with Gasteiger partial charge in [-0.3, -0.25) is 4.79 Å². The molecule has 3 unspecified atom stereocenters. The third-order valence-electron chi connectivity index (χ3n) is 3.82. The summed E-state index contributed by atoms with van der Waals surface area (Å²) in [6.07, 6.45) is 1.38. The minimum Gasteiger partial charge on any atom is -0.480 e. The first kappa shape index (κ1) is 13.8. The van der Waals surface area contributed by atoms with Crippen molar-refractivity contribution in [2.45, 2.75) is 42.3 Å². The zero-order valence-electron chi connectivity index (χ0n) is 10.3. The van der Waals surface area contributed by atoms with Crippen molar-refractivity contribution in [2.75, 3.05) is 19.8 Å². The molecule has 2 aliphatic rings. The fourth-order valence-electron chi connectivity index (χ4n) is 2.56. The summed E-state index contributed by atoms with van der Waals surface area (Å²) in [6, 6.07) is 0. The molecule has 1 spiro atoms. The smallest absolute Gasteiger partial charge is 0.321 e. The Labute approximate surface area is 106 Å². The summed E-state index contributed by atoms with van der Waals surface area (Å²) in [5.41, 5.74) is -0.520. The molecule has 2 saturated heterocycles. The standard InChI is InChI=1S/C11H18O6S/c1-8(10(12)13)18(14,15)9-2-4-17-11(6-9)3-5-16-7-11/h8-9H,2-7H2,1H3,(H,12,13). The Morgan fingerprint density at radius 3 is 2.72 bits per heavy atom. The molecule has 18 heavy (non-hydrogen) atoms. The molecule has 0 aromatic carbocycles. The minimum absolute atomic E-state index is 0.340. The second kappa shape index (κ2) is 4.79. The van der Waals surface area contributed by atoms with Crippen LogP contribution in [0.15, 0.2) is 0 Å². The number of sulfone groups is 1. The van der Waals surface area contributed by atoms with Gasteiger partial charge in [0.15, 0.2) is 15.1 Å². The Morgan fingerprint density at radius 1 is 1.44 bits per heavy atom. The van der Waals surface area contributed by atoms with Crippen LogP contribution in [0.4, 0.5) is 0 Å². The Kier molecular flexibility index (Phi) is 3.66. The van der Waals surface area contributed by atoms with E-state index < -0.39 is 31.9 Å². The lowest BCUT2D eigenvalue weighted by atomic mass is 9.93. The van der Waals surface area contributed by atoms with Crippen molar-refractivity contribution in [3.8, 4) is 0 Å². The third kappa shape index (κ3) is 2.39. The van der Waals surface area contributed by atoms with Crippen LogP contribution in [0.3, 0.4) is 0 Å². The van der Waals surface area contributed by atoms with Crippen LogP contribution in [0.25, 0.3) is 0 Å². The van der Waals surface area contributed by atoms with E-state index in [4.69, 9.17) is 14.6 Å². The predicted octanol–water partition coefficient (Wildman–Crippen LogP) is 0.212. The van der Waals surface area contributed by atoms with Crippen molar-refractivity contribution in [3.05, 3.63) is 0 Å². The molecule has 1 N–H and O–H groups in total. The molecule has 0 amide bonds. The number of carboxylic acids is 1. The van der Waals surface area contributed by atoms with Gasteiger partial charge < -0.3 is 14.6 Å². The van der Waals surface area contributed by atoms with Gasteiger partial charge in [0.2, 0.25) is 0 Å². The highest BCUT2D eigenvalue weighted by molar-refractivity contribution is 7.93. The average molecular weight is 278 g/mol. The second-order valence-corrected chi connectivity index (χ2v) is 7.57. The summed E-state index contributed by atoms with van der Waals surface area (Å²) in [4.78, 5) is 10.9. The number of hydrogen-bond donors (Lipinski definition) is 1. The van der Waals surface area contributed by atoms with Crippen LogP contribution in [0.1, 0.15) is 26.2 Å². The molecular formula is C11H18O6S. The quantitative estimate of drug-likeness (QED) is 0.794. The lowest BCUT2D eigenvalue weighted by Crippen LogP contribution is -2.47. The minimum atomic E-state index is -3.66. The molecule has 2 aliphatic heterocycles. The summed E-state index contributed by atoms with van der Waals surface area (Å²) < 4.78 is 35.3. The van der Waals surface area contributed by atoms with E-state index in [0.29, 0.717) is 39.1 Å². The van der Waals surface area contributed by atoms with Crippen LogP contribution >= 0.6 is 0 Å². The summed E-state index contributed by atoms with van der Waals surface area (Å²) >= 11 is 0. The van der Waals surface area contributed by atoms with Crippen LogP contribution in [-0.4, -0.2) is 55.4 Å². The van der Waals surface area contributed by atoms with E-state index in [1.165, 1.54) is 6.92 Å². The van der Waals surface area contributed by atoms with Gasteiger partial charge in [0, 0.05) is 19.6 Å². The highest BCUT2D eigenvalue weighted by atomic mass is 32.2. The summed E-state index contributed by atoms with van der Waals surface area (Å²) in [6.45, 7) is 2.55. The van der Waals surface area contributed by atoms with Gasteiger partial charge in [0.1, 0.15) is 0 Å². The number of carbonyl (C=O) groups is 1. The first-order chi connectivity index (χ1) is 8.37. The topological polar surface area (TPSA) is 89.9 Å². The van der Waals surface area contributed by atoms with Gasteiger partial charge in [-0.1, -0.05) is 0 Å². The Balaban J connectivity index is 2.16. The van der Waals surface area contributed by atoms with E-state index in [1.807, 2.05) is 0 Å². The van der Waals surface area contributed by atoms with Crippen molar-refractivity contribution in [2.24, 2.45) is 0 Å². The van der Waals surface area contributed by atoms with Gasteiger partial charge in [-0.25, -0.2) is 8.42 Å². The molecule has 2 fully saturated rings. The first-order valence-electron chi connectivity index (χ1n) is 6.05. The molecule has 104 valence electrons. The number of ether oxygens (including phenoxy) is 2. The molecule has 2 heterocycles. The van der Waals surface area contributed by atoms with Gasteiger partial charge >= 0.3 is 5.97 Å². The highest BCUT2D eigenvalue weighted by Crippen LogP contribution is 2.36. The third-order valence-corrected chi connectivity index (χ3v) is 6.34. The van der Waals surface area contributed by atoms with Crippen molar-refractivity contribution in [1.82, 2.24) is 0 Å². The van der Waals surface area contributed by atoms with Gasteiger partial charge in [0.25, 0.3) is 0 Å². The van der Waals surface area contributed by atoms with Crippen molar-refractivity contribution in [1.29, 1.82) is 0 Å². The van der Waals surface area contributed by atoms with E-state index in [1.54, 1.807) is 0 Å². The van der Waals surface area contributed by atoms with E-state index in [-0.39, 0.29) is 0 Å². The van der Waals surface area contributed by atoms with Crippen LogP contribution in [-0.2, 0) is 24.1 Å². The lowest BCUT2D eigenvalue weighted by Gasteiger charge is -2.37. The molecule has 7 heteroatoms. The first-order valence-corrected chi connectivity index (χ1v) is 7.66. The summed E-state index contributed by atoms with van der Waals surface area (Å²) in [5, 5.41) is 6.87. The number of rotatable bonds is 3. The zero-order valence-corrected chi connectivity index (χ0v) is 11.1. The fourth-order valence-corrected chi connectivity index (χ4v) is 4.37. The highest BCUT2D eigenvalue weighted by Gasteiger charge is 2.47. The van der Waals surface area contributed by atoms with Crippen LogP contribution in [0.2, 0.25) is 0 Å². The molecule has 2 rings (SSSR count). The molecule has 0 aromatic heterocycles. The average Bonchev–Trinajstić information content (AvgIpc) is 2.76. The van der Waals surface area contributed by atoms with Crippen LogP contribution in [0, 0.1) is 0 Å². The second-order valence-electron chi connectivity index (χ2n) is 5.02. The van der Waals surface area contributed by atoms with Gasteiger partial charge in [-0.2, -0.15) is 0 Å². The maximum atomic E-state index is 12.2. The summed E-state index contributed by atoms with van der Waals surface area (Å²) in [7, 11) is -3.66. The van der Waals surface area contributed by atoms with Crippen LogP contribution in [0.5, 0.6) is 0 Å². The molecule has 0 aliphatic carbocycles. The molecule has 6 nitrogen and oxygen atoms in total. The van der Waals surface area contributed by atoms with Crippen molar-refractivity contribution >= 4 is 15.8 Å². The van der Waals surface area contributed by atoms with Crippen LogP contribution < -0.4 is 0 Å². The maximum Gasteiger partial charge on any atom is 0.321 e. The molecular weight excluding hydrogens is 260 g/mol. The Morgan fingerprint density at radius 2 is 2.17 bits per heavy atom. The van der Waals surface area contributed by atoms with E-state index in [2.05, 4.69) is 0 Å². The predicted molar refractivity (Wildman–Crippen MR) is 63.2 cm³/mol. The van der Waals surface area contributed by atoms with Crippen molar-refractivity contribution in [3.63, 3.8) is 0 Å². The van der Waals surface area contributed by atoms with E-state index >= 15 is 0 Å². The molecule has 0 radical (unpaired) electrons. The fraction of sp³-hybridized carbons (Fsp3) is 0.909. The van der Waals surface area contributed by atoms with Gasteiger partial charge in [0.05, 0.1) is 17.5 Å². The Hall–Kier alpha value is -0.660. The molecule has 0 saturated carbocycles. The number of aliphatic carboxylic acids is 1. The normalized spacial score (nSPS) is 34.6. The molecule has 0 aromatic rings. The van der Waals surface area contributed by atoms with Gasteiger partial charge in [-0.15, -0.1) is 0 Å². The number of carboxylic acid groups (broad SMARTS) is 1. The largest absolute Gasteiger partial charge is 0.480 e. The van der Waals surface area contributed by atoms with Crippen molar-refractivity contribution < 1.29 is 27.8 Å².